The molecule has 2 N–H and O–H groups in total. The summed E-state index contributed by atoms with van der Waals surface area (Å²) in [5.41, 5.74) is 7.28. The van der Waals surface area contributed by atoms with Crippen LogP contribution in [0.25, 0.3) is 0 Å². The number of rotatable bonds is 4. The maximum absolute atomic E-state index is 5.97. The van der Waals surface area contributed by atoms with Gasteiger partial charge in [0.2, 0.25) is 0 Å². The number of hydrogen-bond acceptors (Lipinski definition) is 1. The van der Waals surface area contributed by atoms with Crippen LogP contribution in [0.2, 0.25) is 5.02 Å². The van der Waals surface area contributed by atoms with E-state index >= 15 is 0 Å². The first-order chi connectivity index (χ1) is 6.63. The van der Waals surface area contributed by atoms with Crippen LogP contribution in [-0.2, 0) is 6.42 Å². The molecule has 0 radical (unpaired) electrons. The van der Waals surface area contributed by atoms with Gasteiger partial charge in [0.05, 0.1) is 0 Å². The van der Waals surface area contributed by atoms with E-state index < -0.39 is 0 Å². The summed E-state index contributed by atoms with van der Waals surface area (Å²) in [6.45, 7) is 4.33. The highest BCUT2D eigenvalue weighted by atomic mass is 35.5. The molecule has 0 fully saturated rings. The maximum Gasteiger partial charge on any atom is 0.0406 e. The molecule has 0 aliphatic heterocycles. The van der Waals surface area contributed by atoms with E-state index in [-0.39, 0.29) is 0 Å². The standard InChI is InChI=1S/C12H18ClN/c1-3-12(14)9(2)8-10-4-6-11(13)7-5-10/h4-7,9,12H,3,8,14H2,1-2H3/t9?,12-/m0/s1. The number of halogens is 1. The molecule has 0 aliphatic rings. The van der Waals surface area contributed by atoms with Crippen LogP contribution in [-0.4, -0.2) is 6.04 Å². The zero-order chi connectivity index (χ0) is 10.6. The van der Waals surface area contributed by atoms with Crippen molar-refractivity contribution in [3.05, 3.63) is 34.9 Å². The molecular formula is C12H18ClN. The van der Waals surface area contributed by atoms with Crippen molar-refractivity contribution in [1.82, 2.24) is 0 Å². The van der Waals surface area contributed by atoms with Crippen molar-refractivity contribution in [1.29, 1.82) is 0 Å². The highest BCUT2D eigenvalue weighted by Gasteiger charge is 2.10. The van der Waals surface area contributed by atoms with Crippen LogP contribution in [0.1, 0.15) is 25.8 Å². The van der Waals surface area contributed by atoms with Gasteiger partial charge < -0.3 is 5.73 Å². The number of benzene rings is 1. The number of nitrogens with two attached hydrogens (primary N) is 1. The molecule has 0 spiro atoms. The SMILES string of the molecule is CC[C@H](N)C(C)Cc1ccc(Cl)cc1. The molecule has 14 heavy (non-hydrogen) atoms. The van der Waals surface area contributed by atoms with Crippen molar-refractivity contribution in [3.8, 4) is 0 Å². The van der Waals surface area contributed by atoms with E-state index in [2.05, 4.69) is 26.0 Å². The summed E-state index contributed by atoms with van der Waals surface area (Å²) in [5, 5.41) is 0.793. The third-order valence-electron chi connectivity index (χ3n) is 2.67. The Labute approximate surface area is 91.3 Å². The second kappa shape index (κ2) is 5.38. The van der Waals surface area contributed by atoms with E-state index in [1.165, 1.54) is 5.56 Å². The Morgan fingerprint density at radius 1 is 1.29 bits per heavy atom. The minimum absolute atomic E-state index is 0.297. The van der Waals surface area contributed by atoms with Crippen molar-refractivity contribution in [2.75, 3.05) is 0 Å². The summed E-state index contributed by atoms with van der Waals surface area (Å²) in [6, 6.07) is 8.30. The van der Waals surface area contributed by atoms with E-state index in [1.807, 2.05) is 12.1 Å². The molecule has 2 heteroatoms. The molecule has 0 saturated heterocycles. The van der Waals surface area contributed by atoms with Gasteiger partial charge in [-0.05, 0) is 36.5 Å². The van der Waals surface area contributed by atoms with Crippen molar-refractivity contribution >= 4 is 11.6 Å². The minimum atomic E-state index is 0.297. The van der Waals surface area contributed by atoms with Gasteiger partial charge in [-0.15, -0.1) is 0 Å². The highest BCUT2D eigenvalue weighted by molar-refractivity contribution is 6.30. The zero-order valence-corrected chi connectivity index (χ0v) is 9.59. The molecule has 0 heterocycles. The fourth-order valence-corrected chi connectivity index (χ4v) is 1.67. The molecule has 1 aromatic rings. The fraction of sp³-hybridized carbons (Fsp3) is 0.500. The van der Waals surface area contributed by atoms with Crippen LogP contribution in [0, 0.1) is 5.92 Å². The summed E-state index contributed by atoms with van der Waals surface area (Å²) in [6.07, 6.45) is 2.07. The normalized spacial score (nSPS) is 15.1. The average molecular weight is 212 g/mol. The quantitative estimate of drug-likeness (QED) is 0.813. The van der Waals surface area contributed by atoms with Gasteiger partial charge in [-0.3, -0.25) is 0 Å². The lowest BCUT2D eigenvalue weighted by atomic mass is 9.93. The molecule has 1 aromatic carbocycles. The topological polar surface area (TPSA) is 26.0 Å². The molecule has 0 amide bonds. The van der Waals surface area contributed by atoms with Gasteiger partial charge in [0.1, 0.15) is 0 Å². The monoisotopic (exact) mass is 211 g/mol. The van der Waals surface area contributed by atoms with E-state index in [0.717, 1.165) is 17.9 Å². The average Bonchev–Trinajstić information content (AvgIpc) is 2.20. The highest BCUT2D eigenvalue weighted by Crippen LogP contribution is 2.15. The van der Waals surface area contributed by atoms with Gasteiger partial charge in [-0.2, -0.15) is 0 Å². The predicted octanol–water partition coefficient (Wildman–Crippen LogP) is 3.26. The lowest BCUT2D eigenvalue weighted by molar-refractivity contribution is 0.442. The van der Waals surface area contributed by atoms with Crippen LogP contribution < -0.4 is 5.73 Å². The Kier molecular flexibility index (Phi) is 4.43. The van der Waals surface area contributed by atoms with Crippen molar-refractivity contribution in [2.24, 2.45) is 11.7 Å². The largest absolute Gasteiger partial charge is 0.327 e. The van der Waals surface area contributed by atoms with Gasteiger partial charge in [0.15, 0.2) is 0 Å². The van der Waals surface area contributed by atoms with Gasteiger partial charge in [-0.25, -0.2) is 0 Å². The summed E-state index contributed by atoms with van der Waals surface area (Å²) in [7, 11) is 0. The van der Waals surface area contributed by atoms with E-state index in [1.54, 1.807) is 0 Å². The third kappa shape index (κ3) is 3.32. The van der Waals surface area contributed by atoms with Crippen LogP contribution >= 0.6 is 11.6 Å². The molecule has 1 rings (SSSR count). The molecule has 0 aliphatic carbocycles. The van der Waals surface area contributed by atoms with Crippen LogP contribution in [0.3, 0.4) is 0 Å². The van der Waals surface area contributed by atoms with Gasteiger partial charge >= 0.3 is 0 Å². The molecule has 78 valence electrons. The lowest BCUT2D eigenvalue weighted by Gasteiger charge is -2.18. The Balaban J connectivity index is 2.56. The van der Waals surface area contributed by atoms with E-state index in [4.69, 9.17) is 17.3 Å². The second-order valence-corrected chi connectivity index (χ2v) is 4.32. The first-order valence-electron chi connectivity index (χ1n) is 5.13. The number of hydrogen-bond donors (Lipinski definition) is 1. The van der Waals surface area contributed by atoms with Gasteiger partial charge in [-0.1, -0.05) is 37.6 Å². The van der Waals surface area contributed by atoms with Crippen molar-refractivity contribution < 1.29 is 0 Å². The van der Waals surface area contributed by atoms with Crippen molar-refractivity contribution in [2.45, 2.75) is 32.7 Å². The second-order valence-electron chi connectivity index (χ2n) is 3.88. The predicted molar refractivity (Wildman–Crippen MR) is 62.6 cm³/mol. The summed E-state index contributed by atoms with van der Waals surface area (Å²) in [4.78, 5) is 0. The van der Waals surface area contributed by atoms with Crippen LogP contribution in [0.4, 0.5) is 0 Å². The lowest BCUT2D eigenvalue weighted by Crippen LogP contribution is -2.28. The first kappa shape index (κ1) is 11.5. The molecule has 2 atom stereocenters. The molecular weight excluding hydrogens is 194 g/mol. The molecule has 0 saturated carbocycles. The maximum atomic E-state index is 5.97. The summed E-state index contributed by atoms with van der Waals surface area (Å²) in [5.74, 6) is 0.529. The fourth-order valence-electron chi connectivity index (χ4n) is 1.55. The van der Waals surface area contributed by atoms with Crippen molar-refractivity contribution in [3.63, 3.8) is 0 Å². The first-order valence-corrected chi connectivity index (χ1v) is 5.51. The smallest absolute Gasteiger partial charge is 0.0406 e. The molecule has 1 nitrogen and oxygen atoms in total. The Hall–Kier alpha value is -0.530. The molecule has 0 aromatic heterocycles. The van der Waals surface area contributed by atoms with Gasteiger partial charge in [0, 0.05) is 11.1 Å². The third-order valence-corrected chi connectivity index (χ3v) is 2.93. The van der Waals surface area contributed by atoms with Crippen LogP contribution in [0.5, 0.6) is 0 Å². The molecule has 1 unspecified atom stereocenters. The minimum Gasteiger partial charge on any atom is -0.327 e. The zero-order valence-electron chi connectivity index (χ0n) is 8.83. The molecule has 0 bridgehead atoms. The Bertz CT molecular complexity index is 268. The summed E-state index contributed by atoms with van der Waals surface area (Å²) >= 11 is 5.81. The van der Waals surface area contributed by atoms with E-state index in [0.29, 0.717) is 12.0 Å². The summed E-state index contributed by atoms with van der Waals surface area (Å²) < 4.78 is 0. The Morgan fingerprint density at radius 2 is 1.86 bits per heavy atom. The van der Waals surface area contributed by atoms with Gasteiger partial charge in [0.25, 0.3) is 0 Å². The van der Waals surface area contributed by atoms with E-state index in [9.17, 15) is 0 Å². The van der Waals surface area contributed by atoms with Crippen LogP contribution in [0.15, 0.2) is 24.3 Å². The Morgan fingerprint density at radius 3 is 2.36 bits per heavy atom.